The van der Waals surface area contributed by atoms with E-state index in [0.29, 0.717) is 6.42 Å². The Balaban J connectivity index is 1.91. The molecule has 18 heavy (non-hydrogen) atoms. The Morgan fingerprint density at radius 1 is 1.39 bits per heavy atom. The highest BCUT2D eigenvalue weighted by Crippen LogP contribution is 2.29. The molecule has 1 saturated carbocycles. The molecule has 3 nitrogen and oxygen atoms in total. The van der Waals surface area contributed by atoms with Crippen LogP contribution in [0.5, 0.6) is 0 Å². The van der Waals surface area contributed by atoms with E-state index in [1.165, 1.54) is 32.1 Å². The van der Waals surface area contributed by atoms with Crippen molar-refractivity contribution in [2.24, 2.45) is 13.0 Å². The Kier molecular flexibility index (Phi) is 4.84. The van der Waals surface area contributed by atoms with Gasteiger partial charge in [-0.3, -0.25) is 4.68 Å². The molecule has 0 amide bonds. The van der Waals surface area contributed by atoms with E-state index in [1.54, 1.807) is 0 Å². The minimum atomic E-state index is -0.237. The molecule has 4 heteroatoms. The smallest absolute Gasteiger partial charge is 0.0738 e. The summed E-state index contributed by atoms with van der Waals surface area (Å²) >= 11 is 3.56. The molecule has 1 heterocycles. The Labute approximate surface area is 118 Å². The molecule has 0 aromatic carbocycles. The van der Waals surface area contributed by atoms with Gasteiger partial charge in [0.05, 0.1) is 22.0 Å². The van der Waals surface area contributed by atoms with Crippen molar-refractivity contribution in [1.82, 2.24) is 9.78 Å². The summed E-state index contributed by atoms with van der Waals surface area (Å²) in [6.07, 6.45) is 8.05. The fraction of sp³-hybridized carbons (Fsp3) is 0.786. The van der Waals surface area contributed by atoms with Crippen LogP contribution in [0.3, 0.4) is 0 Å². The van der Waals surface area contributed by atoms with Gasteiger partial charge in [-0.25, -0.2) is 0 Å². The summed E-state index contributed by atoms with van der Waals surface area (Å²) in [6, 6.07) is 0. The number of aryl methyl sites for hydroxylation is 2. The topological polar surface area (TPSA) is 38.0 Å². The molecule has 1 aromatic heterocycles. The Bertz CT molecular complexity index is 397. The average molecular weight is 315 g/mol. The summed E-state index contributed by atoms with van der Waals surface area (Å²) in [5.74, 6) is 0.724. The minimum absolute atomic E-state index is 0.237. The number of halogens is 1. The number of hydrogen-bond donors (Lipinski definition) is 1. The van der Waals surface area contributed by atoms with Gasteiger partial charge in [-0.15, -0.1) is 0 Å². The fourth-order valence-electron chi connectivity index (χ4n) is 3.02. The van der Waals surface area contributed by atoms with Crippen molar-refractivity contribution in [3.05, 3.63) is 15.9 Å². The molecule has 0 saturated heterocycles. The van der Waals surface area contributed by atoms with E-state index < -0.39 is 0 Å². The average Bonchev–Trinajstić information content (AvgIpc) is 2.57. The number of hydrogen-bond acceptors (Lipinski definition) is 2. The van der Waals surface area contributed by atoms with Gasteiger partial charge in [-0.2, -0.15) is 5.10 Å². The lowest BCUT2D eigenvalue weighted by molar-refractivity contribution is 0.128. The van der Waals surface area contributed by atoms with Gasteiger partial charge in [0, 0.05) is 13.5 Å². The van der Waals surface area contributed by atoms with Gasteiger partial charge in [0.2, 0.25) is 0 Å². The quantitative estimate of drug-likeness (QED) is 0.925. The molecule has 1 unspecified atom stereocenters. The third kappa shape index (κ3) is 3.35. The van der Waals surface area contributed by atoms with Crippen molar-refractivity contribution in [2.75, 3.05) is 0 Å². The van der Waals surface area contributed by atoms with Crippen molar-refractivity contribution in [2.45, 2.75) is 58.0 Å². The zero-order chi connectivity index (χ0) is 13.1. The van der Waals surface area contributed by atoms with Crippen LogP contribution in [0.15, 0.2) is 4.47 Å². The minimum Gasteiger partial charge on any atom is -0.393 e. The molecule has 1 aliphatic carbocycles. The fourth-order valence-corrected chi connectivity index (χ4v) is 3.51. The summed E-state index contributed by atoms with van der Waals surface area (Å²) in [4.78, 5) is 0. The highest BCUT2D eigenvalue weighted by molar-refractivity contribution is 9.10. The second-order valence-corrected chi connectivity index (χ2v) is 6.36. The maximum absolute atomic E-state index is 10.3. The van der Waals surface area contributed by atoms with E-state index in [2.05, 4.69) is 21.0 Å². The van der Waals surface area contributed by atoms with E-state index in [1.807, 2.05) is 18.7 Å². The second-order valence-electron chi connectivity index (χ2n) is 5.57. The van der Waals surface area contributed by atoms with Crippen LogP contribution in [0.2, 0.25) is 0 Å². The zero-order valence-electron chi connectivity index (χ0n) is 11.3. The standard InChI is InChI=1S/C14H23BrN2O/c1-10-14(15)13(17(2)16-10)9-12(18)8-11-6-4-3-5-7-11/h11-12,18H,3-9H2,1-2H3. The van der Waals surface area contributed by atoms with Crippen molar-refractivity contribution >= 4 is 15.9 Å². The number of aliphatic hydroxyl groups is 1. The summed E-state index contributed by atoms with van der Waals surface area (Å²) in [7, 11) is 1.94. The number of aliphatic hydroxyl groups excluding tert-OH is 1. The Morgan fingerprint density at radius 3 is 2.61 bits per heavy atom. The van der Waals surface area contributed by atoms with Crippen molar-refractivity contribution in [3.8, 4) is 0 Å². The lowest BCUT2D eigenvalue weighted by Crippen LogP contribution is -2.19. The third-order valence-electron chi connectivity index (χ3n) is 4.02. The first-order valence-corrected chi connectivity index (χ1v) is 7.73. The van der Waals surface area contributed by atoms with Crippen LogP contribution >= 0.6 is 15.9 Å². The second kappa shape index (κ2) is 6.20. The molecule has 0 aliphatic heterocycles. The van der Waals surface area contributed by atoms with Gasteiger partial charge in [0.25, 0.3) is 0 Å². The summed E-state index contributed by atoms with van der Waals surface area (Å²) in [6.45, 7) is 1.99. The van der Waals surface area contributed by atoms with Crippen LogP contribution in [0.4, 0.5) is 0 Å². The Hall–Kier alpha value is -0.350. The molecule has 0 radical (unpaired) electrons. The monoisotopic (exact) mass is 314 g/mol. The molecular weight excluding hydrogens is 292 g/mol. The van der Waals surface area contributed by atoms with Gasteiger partial charge in [-0.1, -0.05) is 32.1 Å². The van der Waals surface area contributed by atoms with Gasteiger partial charge in [0.15, 0.2) is 0 Å². The first kappa shape index (κ1) is 14.1. The first-order chi connectivity index (χ1) is 8.58. The van der Waals surface area contributed by atoms with Gasteiger partial charge in [-0.05, 0) is 35.2 Å². The van der Waals surface area contributed by atoms with Crippen LogP contribution in [-0.4, -0.2) is 21.0 Å². The highest BCUT2D eigenvalue weighted by atomic mass is 79.9. The van der Waals surface area contributed by atoms with Gasteiger partial charge >= 0.3 is 0 Å². The summed E-state index contributed by atoms with van der Waals surface area (Å²) < 4.78 is 2.93. The Morgan fingerprint density at radius 2 is 2.06 bits per heavy atom. The molecule has 0 bridgehead atoms. The van der Waals surface area contributed by atoms with E-state index >= 15 is 0 Å². The van der Waals surface area contributed by atoms with E-state index in [9.17, 15) is 5.11 Å². The lowest BCUT2D eigenvalue weighted by Gasteiger charge is -2.24. The van der Waals surface area contributed by atoms with Gasteiger partial charge in [0.1, 0.15) is 0 Å². The van der Waals surface area contributed by atoms with Gasteiger partial charge < -0.3 is 5.11 Å². The largest absolute Gasteiger partial charge is 0.393 e. The van der Waals surface area contributed by atoms with Crippen LogP contribution in [0.25, 0.3) is 0 Å². The number of aromatic nitrogens is 2. The van der Waals surface area contributed by atoms with Crippen LogP contribution < -0.4 is 0 Å². The van der Waals surface area contributed by atoms with E-state index in [-0.39, 0.29) is 6.10 Å². The van der Waals surface area contributed by atoms with Crippen LogP contribution in [0, 0.1) is 12.8 Å². The van der Waals surface area contributed by atoms with Crippen LogP contribution in [-0.2, 0) is 13.5 Å². The van der Waals surface area contributed by atoms with Crippen LogP contribution in [0.1, 0.15) is 49.9 Å². The van der Waals surface area contributed by atoms with Crippen molar-refractivity contribution < 1.29 is 5.11 Å². The van der Waals surface area contributed by atoms with E-state index in [0.717, 1.165) is 28.2 Å². The molecule has 0 spiro atoms. The molecule has 2 rings (SSSR count). The number of nitrogens with zero attached hydrogens (tertiary/aromatic N) is 2. The first-order valence-electron chi connectivity index (χ1n) is 6.94. The molecule has 1 N–H and O–H groups in total. The maximum Gasteiger partial charge on any atom is 0.0738 e. The third-order valence-corrected chi connectivity index (χ3v) is 5.05. The SMILES string of the molecule is Cc1nn(C)c(CC(O)CC2CCCCC2)c1Br. The maximum atomic E-state index is 10.3. The van der Waals surface area contributed by atoms with E-state index in [4.69, 9.17) is 0 Å². The molecule has 1 aliphatic rings. The van der Waals surface area contributed by atoms with Crippen molar-refractivity contribution in [3.63, 3.8) is 0 Å². The summed E-state index contributed by atoms with van der Waals surface area (Å²) in [5, 5.41) is 14.6. The molecule has 1 aromatic rings. The molecule has 1 fully saturated rings. The zero-order valence-corrected chi connectivity index (χ0v) is 12.9. The lowest BCUT2D eigenvalue weighted by atomic mass is 9.85. The molecule has 1 atom stereocenters. The molecule has 102 valence electrons. The summed E-state index contributed by atoms with van der Waals surface area (Å²) in [5.41, 5.74) is 2.10. The predicted octanol–water partition coefficient (Wildman–Crippen LogP) is 3.36. The predicted molar refractivity (Wildman–Crippen MR) is 76.5 cm³/mol. The molecular formula is C14H23BrN2O. The highest BCUT2D eigenvalue weighted by Gasteiger charge is 2.20. The number of rotatable bonds is 4. The normalized spacial score (nSPS) is 19.1. The van der Waals surface area contributed by atoms with Crippen molar-refractivity contribution in [1.29, 1.82) is 0 Å².